The van der Waals surface area contributed by atoms with E-state index in [1.165, 1.54) is 99.3 Å². The van der Waals surface area contributed by atoms with Gasteiger partial charge < -0.3 is 0 Å². The van der Waals surface area contributed by atoms with Crippen LogP contribution in [0.15, 0.2) is 48.5 Å². The van der Waals surface area contributed by atoms with Gasteiger partial charge in [0, 0.05) is 0 Å². The largest absolute Gasteiger partial charge is 0.0654 e. The Morgan fingerprint density at radius 1 is 0.385 bits per heavy atom. The molecule has 0 saturated heterocycles. The van der Waals surface area contributed by atoms with Crippen LogP contribution in [0.1, 0.15) is 87.5 Å². The second kappa shape index (κ2) is 12.7. The van der Waals surface area contributed by atoms with Crippen LogP contribution in [0.25, 0.3) is 0 Å². The fourth-order valence-corrected chi connectivity index (χ4v) is 3.52. The van der Waals surface area contributed by atoms with E-state index in [-0.39, 0.29) is 0 Å². The van der Waals surface area contributed by atoms with Crippen LogP contribution < -0.4 is 0 Å². The molecule has 0 nitrogen and oxygen atoms in total. The Morgan fingerprint density at radius 3 is 0.923 bits per heavy atom. The maximum absolute atomic E-state index is 2.34. The standard InChI is InChI=1S/C26H38/c1-3-5-11-23-15-19-25(20-16-23)13-9-7-8-10-14-26-21-17-24(18-22-26)12-6-4-2/h15-22H,3-14H2,1-2H3. The summed E-state index contributed by atoms with van der Waals surface area (Å²) < 4.78 is 0. The lowest BCUT2D eigenvalue weighted by Gasteiger charge is -2.06. The predicted octanol–water partition coefficient (Wildman–Crippen LogP) is 7.72. The number of hydrogen-bond acceptors (Lipinski definition) is 0. The van der Waals surface area contributed by atoms with E-state index in [0.717, 1.165) is 0 Å². The average Bonchev–Trinajstić information content (AvgIpc) is 2.69. The summed E-state index contributed by atoms with van der Waals surface area (Å²) in [5.41, 5.74) is 6.01. The molecular formula is C26H38. The van der Waals surface area contributed by atoms with Crippen molar-refractivity contribution < 1.29 is 0 Å². The molecule has 0 heterocycles. The summed E-state index contributed by atoms with van der Waals surface area (Å²) >= 11 is 0. The summed E-state index contributed by atoms with van der Waals surface area (Å²) in [6.07, 6.45) is 15.5. The molecule has 0 bridgehead atoms. The van der Waals surface area contributed by atoms with Crippen molar-refractivity contribution in [1.82, 2.24) is 0 Å². The highest BCUT2D eigenvalue weighted by atomic mass is 14.0. The van der Waals surface area contributed by atoms with Crippen molar-refractivity contribution in [1.29, 1.82) is 0 Å². The van der Waals surface area contributed by atoms with Crippen molar-refractivity contribution in [2.45, 2.75) is 90.9 Å². The molecule has 0 unspecified atom stereocenters. The highest BCUT2D eigenvalue weighted by Gasteiger charge is 1.98. The van der Waals surface area contributed by atoms with E-state index in [9.17, 15) is 0 Å². The zero-order valence-electron chi connectivity index (χ0n) is 17.1. The predicted molar refractivity (Wildman–Crippen MR) is 116 cm³/mol. The molecule has 0 radical (unpaired) electrons. The van der Waals surface area contributed by atoms with Gasteiger partial charge in [0.1, 0.15) is 0 Å². The molecule has 2 aromatic carbocycles. The maximum Gasteiger partial charge on any atom is -0.0279 e. The third-order valence-corrected chi connectivity index (χ3v) is 5.36. The second-order valence-corrected chi connectivity index (χ2v) is 7.75. The Bertz CT molecular complexity index is 521. The molecule has 142 valence electrons. The van der Waals surface area contributed by atoms with Gasteiger partial charge in [0.05, 0.1) is 0 Å². The van der Waals surface area contributed by atoms with Gasteiger partial charge >= 0.3 is 0 Å². The highest BCUT2D eigenvalue weighted by Crippen LogP contribution is 2.14. The van der Waals surface area contributed by atoms with E-state index in [0.29, 0.717) is 0 Å². The van der Waals surface area contributed by atoms with E-state index in [4.69, 9.17) is 0 Å². The van der Waals surface area contributed by atoms with Gasteiger partial charge in [-0.25, -0.2) is 0 Å². The molecule has 0 atom stereocenters. The molecular weight excluding hydrogens is 312 g/mol. The van der Waals surface area contributed by atoms with Crippen LogP contribution in [0.4, 0.5) is 0 Å². The van der Waals surface area contributed by atoms with Gasteiger partial charge in [-0.3, -0.25) is 0 Å². The molecule has 0 fully saturated rings. The molecule has 0 aliphatic carbocycles. The van der Waals surface area contributed by atoms with Gasteiger partial charge in [0.25, 0.3) is 0 Å². The first-order valence-electron chi connectivity index (χ1n) is 11.0. The molecule has 0 aliphatic heterocycles. The minimum atomic E-state index is 1.23. The Labute approximate surface area is 162 Å². The van der Waals surface area contributed by atoms with Crippen LogP contribution in [-0.4, -0.2) is 0 Å². The first-order chi connectivity index (χ1) is 12.8. The van der Waals surface area contributed by atoms with Crippen LogP contribution in [0.2, 0.25) is 0 Å². The summed E-state index contributed by atoms with van der Waals surface area (Å²) in [6, 6.07) is 18.7. The van der Waals surface area contributed by atoms with Gasteiger partial charge in [-0.15, -0.1) is 0 Å². The van der Waals surface area contributed by atoms with Crippen molar-refractivity contribution in [3.8, 4) is 0 Å². The van der Waals surface area contributed by atoms with Gasteiger partial charge in [0.2, 0.25) is 0 Å². The van der Waals surface area contributed by atoms with Crippen molar-refractivity contribution in [3.05, 3.63) is 70.8 Å². The van der Waals surface area contributed by atoms with Gasteiger partial charge in [-0.05, 0) is 73.6 Å². The minimum absolute atomic E-state index is 1.23. The Kier molecular flexibility index (Phi) is 10.2. The van der Waals surface area contributed by atoms with Crippen molar-refractivity contribution in [2.24, 2.45) is 0 Å². The maximum atomic E-state index is 2.34. The quantitative estimate of drug-likeness (QED) is 0.324. The topological polar surface area (TPSA) is 0 Å². The first kappa shape index (κ1) is 20.7. The molecule has 2 aromatic rings. The fourth-order valence-electron chi connectivity index (χ4n) is 3.52. The number of benzene rings is 2. The monoisotopic (exact) mass is 350 g/mol. The molecule has 0 heteroatoms. The van der Waals surface area contributed by atoms with Crippen LogP contribution in [-0.2, 0) is 25.7 Å². The fraction of sp³-hybridized carbons (Fsp3) is 0.538. The van der Waals surface area contributed by atoms with Crippen LogP contribution in [0, 0.1) is 0 Å². The normalized spacial score (nSPS) is 11.0. The molecule has 0 N–H and O–H groups in total. The molecule has 2 rings (SSSR count). The highest BCUT2D eigenvalue weighted by molar-refractivity contribution is 5.23. The first-order valence-corrected chi connectivity index (χ1v) is 11.0. The third kappa shape index (κ3) is 8.21. The molecule has 0 amide bonds. The smallest absolute Gasteiger partial charge is 0.0279 e. The van der Waals surface area contributed by atoms with Crippen molar-refractivity contribution >= 4 is 0 Å². The number of hydrogen-bond donors (Lipinski definition) is 0. The van der Waals surface area contributed by atoms with Crippen LogP contribution in [0.3, 0.4) is 0 Å². The Balaban J connectivity index is 1.56. The van der Waals surface area contributed by atoms with E-state index >= 15 is 0 Å². The lowest BCUT2D eigenvalue weighted by molar-refractivity contribution is 0.640. The zero-order valence-corrected chi connectivity index (χ0v) is 17.1. The average molecular weight is 351 g/mol. The number of rotatable bonds is 13. The summed E-state index contributed by atoms with van der Waals surface area (Å²) in [7, 11) is 0. The number of unbranched alkanes of at least 4 members (excludes halogenated alkanes) is 5. The Hall–Kier alpha value is -1.56. The van der Waals surface area contributed by atoms with E-state index in [1.54, 1.807) is 0 Å². The van der Waals surface area contributed by atoms with Gasteiger partial charge in [-0.2, -0.15) is 0 Å². The summed E-state index contributed by atoms with van der Waals surface area (Å²) in [5, 5.41) is 0. The van der Waals surface area contributed by atoms with E-state index in [1.807, 2.05) is 0 Å². The lowest BCUT2D eigenvalue weighted by Crippen LogP contribution is -1.91. The Morgan fingerprint density at radius 2 is 0.654 bits per heavy atom. The summed E-state index contributed by atoms with van der Waals surface area (Å²) in [6.45, 7) is 4.52. The lowest BCUT2D eigenvalue weighted by atomic mass is 10.0. The SMILES string of the molecule is CCCCc1ccc(CCCCCCc2ccc(CCCC)cc2)cc1. The van der Waals surface area contributed by atoms with Crippen molar-refractivity contribution in [2.75, 3.05) is 0 Å². The van der Waals surface area contributed by atoms with Crippen molar-refractivity contribution in [3.63, 3.8) is 0 Å². The number of aryl methyl sites for hydroxylation is 4. The summed E-state index contributed by atoms with van der Waals surface area (Å²) in [4.78, 5) is 0. The molecule has 0 aromatic heterocycles. The van der Waals surface area contributed by atoms with E-state index < -0.39 is 0 Å². The molecule has 0 saturated carbocycles. The van der Waals surface area contributed by atoms with Crippen LogP contribution in [0.5, 0.6) is 0 Å². The van der Waals surface area contributed by atoms with E-state index in [2.05, 4.69) is 62.4 Å². The van der Waals surface area contributed by atoms with Crippen LogP contribution >= 0.6 is 0 Å². The molecule has 0 aliphatic rings. The third-order valence-electron chi connectivity index (χ3n) is 5.36. The molecule has 26 heavy (non-hydrogen) atoms. The second-order valence-electron chi connectivity index (χ2n) is 7.75. The minimum Gasteiger partial charge on any atom is -0.0654 e. The van der Waals surface area contributed by atoms with Gasteiger partial charge in [0.15, 0.2) is 0 Å². The molecule has 0 spiro atoms. The summed E-state index contributed by atoms with van der Waals surface area (Å²) in [5.74, 6) is 0. The van der Waals surface area contributed by atoms with Gasteiger partial charge in [-0.1, -0.05) is 88.1 Å². The zero-order chi connectivity index (χ0) is 18.5.